The second kappa shape index (κ2) is 8.40. The van der Waals surface area contributed by atoms with Crippen molar-refractivity contribution in [2.24, 2.45) is 0 Å². The van der Waals surface area contributed by atoms with E-state index in [9.17, 15) is 9.18 Å². The molecule has 0 aliphatic carbocycles. The van der Waals surface area contributed by atoms with E-state index < -0.39 is 11.9 Å². The summed E-state index contributed by atoms with van der Waals surface area (Å²) in [6.07, 6.45) is 3.69. The SMILES string of the molecule is CCC(Oc1ccccc1F)C(=O)Nc1ncc(C2CCNCC2)s1. The zero-order chi connectivity index (χ0) is 17.6. The molecule has 3 rings (SSSR count). The third kappa shape index (κ3) is 4.55. The van der Waals surface area contributed by atoms with E-state index >= 15 is 0 Å². The predicted molar refractivity (Wildman–Crippen MR) is 96.7 cm³/mol. The molecule has 1 aromatic carbocycles. The summed E-state index contributed by atoms with van der Waals surface area (Å²) in [4.78, 5) is 17.9. The first kappa shape index (κ1) is 17.8. The summed E-state index contributed by atoms with van der Waals surface area (Å²) in [6, 6.07) is 6.09. The van der Waals surface area contributed by atoms with Crippen molar-refractivity contribution in [3.63, 3.8) is 0 Å². The van der Waals surface area contributed by atoms with Crippen LogP contribution in [0.15, 0.2) is 30.5 Å². The fourth-order valence-corrected chi connectivity index (χ4v) is 3.83. The van der Waals surface area contributed by atoms with Crippen LogP contribution in [0.2, 0.25) is 0 Å². The molecular weight excluding hydrogens is 341 g/mol. The van der Waals surface area contributed by atoms with Crippen LogP contribution in [-0.2, 0) is 4.79 Å². The van der Waals surface area contributed by atoms with Crippen LogP contribution in [0, 0.1) is 5.82 Å². The summed E-state index contributed by atoms with van der Waals surface area (Å²) in [5.74, 6) is -0.201. The number of amides is 1. The molecule has 1 saturated heterocycles. The van der Waals surface area contributed by atoms with Crippen LogP contribution in [0.25, 0.3) is 0 Å². The summed E-state index contributed by atoms with van der Waals surface area (Å²) in [7, 11) is 0. The van der Waals surface area contributed by atoms with Gasteiger partial charge in [0.05, 0.1) is 0 Å². The Morgan fingerprint density at radius 2 is 2.20 bits per heavy atom. The highest BCUT2D eigenvalue weighted by molar-refractivity contribution is 7.15. The number of nitrogens with one attached hydrogen (secondary N) is 2. The number of hydrogen-bond acceptors (Lipinski definition) is 5. The van der Waals surface area contributed by atoms with Gasteiger partial charge in [-0.15, -0.1) is 11.3 Å². The topological polar surface area (TPSA) is 63.2 Å². The molecule has 1 aliphatic rings. The molecule has 5 nitrogen and oxygen atoms in total. The average Bonchev–Trinajstić information content (AvgIpc) is 3.10. The first-order valence-corrected chi connectivity index (χ1v) is 9.37. The highest BCUT2D eigenvalue weighted by Crippen LogP contribution is 2.31. The number of aromatic nitrogens is 1. The van der Waals surface area contributed by atoms with Crippen molar-refractivity contribution < 1.29 is 13.9 Å². The Bertz CT molecular complexity index is 716. The molecule has 0 bridgehead atoms. The van der Waals surface area contributed by atoms with Gasteiger partial charge in [0.2, 0.25) is 0 Å². The molecule has 0 saturated carbocycles. The van der Waals surface area contributed by atoms with Gasteiger partial charge < -0.3 is 10.1 Å². The van der Waals surface area contributed by atoms with E-state index in [1.165, 1.54) is 28.3 Å². The number of ether oxygens (including phenoxy) is 1. The molecule has 1 aliphatic heterocycles. The van der Waals surface area contributed by atoms with Gasteiger partial charge in [-0.25, -0.2) is 9.37 Å². The van der Waals surface area contributed by atoms with E-state index in [1.54, 1.807) is 12.1 Å². The lowest BCUT2D eigenvalue weighted by Crippen LogP contribution is -2.32. The molecule has 7 heteroatoms. The Morgan fingerprint density at radius 1 is 1.44 bits per heavy atom. The number of carbonyl (C=O) groups is 1. The summed E-state index contributed by atoms with van der Waals surface area (Å²) < 4.78 is 19.2. The van der Waals surface area contributed by atoms with E-state index in [-0.39, 0.29) is 11.7 Å². The Kier molecular flexibility index (Phi) is 5.99. The number of rotatable bonds is 6. The van der Waals surface area contributed by atoms with Crippen molar-refractivity contribution in [1.29, 1.82) is 0 Å². The molecule has 0 spiro atoms. The Morgan fingerprint density at radius 3 is 2.92 bits per heavy atom. The van der Waals surface area contributed by atoms with Crippen molar-refractivity contribution in [1.82, 2.24) is 10.3 Å². The number of anilines is 1. The fourth-order valence-electron chi connectivity index (χ4n) is 2.84. The number of benzene rings is 1. The van der Waals surface area contributed by atoms with E-state index in [1.807, 2.05) is 13.1 Å². The third-order valence-electron chi connectivity index (χ3n) is 4.26. The molecule has 1 amide bonds. The summed E-state index contributed by atoms with van der Waals surface area (Å²) in [6.45, 7) is 3.85. The minimum atomic E-state index is -0.761. The molecule has 1 unspecified atom stereocenters. The van der Waals surface area contributed by atoms with Gasteiger partial charge in [0.25, 0.3) is 5.91 Å². The van der Waals surface area contributed by atoms with Gasteiger partial charge in [0.1, 0.15) is 0 Å². The van der Waals surface area contributed by atoms with Gasteiger partial charge in [0, 0.05) is 11.1 Å². The van der Waals surface area contributed by atoms with Gasteiger partial charge in [-0.3, -0.25) is 10.1 Å². The quantitative estimate of drug-likeness (QED) is 0.824. The lowest BCUT2D eigenvalue weighted by Gasteiger charge is -2.20. The normalized spacial score (nSPS) is 16.4. The molecular formula is C18H22FN3O2S. The first-order valence-electron chi connectivity index (χ1n) is 8.56. The number of nitrogens with zero attached hydrogens (tertiary/aromatic N) is 1. The van der Waals surface area contributed by atoms with E-state index in [2.05, 4.69) is 15.6 Å². The van der Waals surface area contributed by atoms with E-state index in [4.69, 9.17) is 4.74 Å². The zero-order valence-corrected chi connectivity index (χ0v) is 14.9. The van der Waals surface area contributed by atoms with Crippen molar-refractivity contribution in [2.75, 3.05) is 18.4 Å². The van der Waals surface area contributed by atoms with Crippen molar-refractivity contribution in [2.45, 2.75) is 38.2 Å². The average molecular weight is 363 g/mol. The van der Waals surface area contributed by atoms with Crippen LogP contribution in [0.1, 0.15) is 37.0 Å². The van der Waals surface area contributed by atoms with Crippen LogP contribution < -0.4 is 15.4 Å². The lowest BCUT2D eigenvalue weighted by molar-refractivity contribution is -0.122. The van der Waals surface area contributed by atoms with Crippen molar-refractivity contribution >= 4 is 22.4 Å². The van der Waals surface area contributed by atoms with Crippen LogP contribution in [0.4, 0.5) is 9.52 Å². The van der Waals surface area contributed by atoms with E-state index in [0.29, 0.717) is 17.5 Å². The van der Waals surface area contributed by atoms with Crippen LogP contribution in [0.5, 0.6) is 5.75 Å². The maximum Gasteiger partial charge on any atom is 0.267 e. The minimum Gasteiger partial charge on any atom is -0.478 e. The van der Waals surface area contributed by atoms with Gasteiger partial charge in [-0.2, -0.15) is 0 Å². The lowest BCUT2D eigenvalue weighted by atomic mass is 9.97. The monoisotopic (exact) mass is 363 g/mol. The summed E-state index contributed by atoms with van der Waals surface area (Å²) >= 11 is 1.50. The molecule has 2 heterocycles. The van der Waals surface area contributed by atoms with Gasteiger partial charge in [-0.1, -0.05) is 19.1 Å². The molecule has 134 valence electrons. The number of piperidine rings is 1. The third-order valence-corrected chi connectivity index (χ3v) is 5.34. The Hall–Kier alpha value is -1.99. The molecule has 2 aromatic rings. The molecule has 1 aromatic heterocycles. The van der Waals surface area contributed by atoms with Crippen molar-refractivity contribution in [3.05, 3.63) is 41.2 Å². The maximum absolute atomic E-state index is 13.7. The summed E-state index contributed by atoms with van der Waals surface area (Å²) in [5.41, 5.74) is 0. The molecule has 1 atom stereocenters. The fraction of sp³-hybridized carbons (Fsp3) is 0.444. The minimum absolute atomic E-state index is 0.0824. The standard InChI is InChI=1S/C18H22FN3O2S/c1-2-14(24-15-6-4-3-5-13(15)19)17(23)22-18-21-11-16(25-18)12-7-9-20-10-8-12/h3-6,11-12,14,20H,2,7-10H2,1H3,(H,21,22,23). The highest BCUT2D eigenvalue weighted by atomic mass is 32.1. The second-order valence-corrected chi connectivity index (χ2v) is 7.09. The molecule has 0 radical (unpaired) electrons. The number of halogens is 1. The maximum atomic E-state index is 13.7. The molecule has 25 heavy (non-hydrogen) atoms. The van der Waals surface area contributed by atoms with Crippen molar-refractivity contribution in [3.8, 4) is 5.75 Å². The van der Waals surface area contributed by atoms with Crippen LogP contribution in [-0.4, -0.2) is 30.1 Å². The highest BCUT2D eigenvalue weighted by Gasteiger charge is 2.22. The molecule has 1 fully saturated rings. The van der Waals surface area contributed by atoms with Gasteiger partial charge >= 0.3 is 0 Å². The number of thiazole rings is 1. The summed E-state index contributed by atoms with van der Waals surface area (Å²) in [5, 5.41) is 6.70. The largest absolute Gasteiger partial charge is 0.478 e. The molecule has 2 N–H and O–H groups in total. The van der Waals surface area contributed by atoms with Crippen LogP contribution >= 0.6 is 11.3 Å². The first-order chi connectivity index (χ1) is 12.2. The van der Waals surface area contributed by atoms with Gasteiger partial charge in [0.15, 0.2) is 22.8 Å². The second-order valence-electron chi connectivity index (χ2n) is 6.03. The van der Waals surface area contributed by atoms with Crippen LogP contribution in [0.3, 0.4) is 0 Å². The zero-order valence-electron chi connectivity index (χ0n) is 14.1. The Balaban J connectivity index is 1.62. The smallest absolute Gasteiger partial charge is 0.267 e. The van der Waals surface area contributed by atoms with Gasteiger partial charge in [-0.05, 0) is 50.4 Å². The number of carbonyl (C=O) groups excluding carboxylic acids is 1. The predicted octanol–water partition coefficient (Wildman–Crippen LogP) is 3.55. The number of para-hydroxylation sites is 1. The number of hydrogen-bond donors (Lipinski definition) is 2. The Labute approximate surface area is 150 Å². The van der Waals surface area contributed by atoms with E-state index in [0.717, 1.165) is 25.9 Å².